The van der Waals surface area contributed by atoms with Crippen LogP contribution in [0.1, 0.15) is 69.7 Å². The summed E-state index contributed by atoms with van der Waals surface area (Å²) in [5, 5.41) is 3.59. The fourth-order valence-electron chi connectivity index (χ4n) is 7.60. The molecule has 0 spiro atoms. The maximum atomic E-state index is 14.4. The van der Waals surface area contributed by atoms with Gasteiger partial charge in [0.1, 0.15) is 11.8 Å². The third-order valence-corrected chi connectivity index (χ3v) is 9.42. The number of alkyl halides is 3. The summed E-state index contributed by atoms with van der Waals surface area (Å²) in [4.78, 5) is 30.0. The lowest BCUT2D eigenvalue weighted by atomic mass is 9.72. The molecular weight excluding hydrogens is 545 g/mol. The Labute approximate surface area is 245 Å². The summed E-state index contributed by atoms with van der Waals surface area (Å²) in [5.74, 6) is 0.0123. The van der Waals surface area contributed by atoms with E-state index in [1.807, 2.05) is 30.3 Å². The van der Waals surface area contributed by atoms with Crippen molar-refractivity contribution in [2.45, 2.75) is 77.8 Å². The average Bonchev–Trinajstić information content (AvgIpc) is 3.25. The van der Waals surface area contributed by atoms with E-state index in [-0.39, 0.29) is 36.6 Å². The zero-order valence-electron chi connectivity index (χ0n) is 24.9. The van der Waals surface area contributed by atoms with Crippen molar-refractivity contribution in [1.29, 1.82) is 0 Å². The number of amides is 1. The molecule has 2 aliphatic carbocycles. The number of hydrogen-bond acceptors (Lipinski definition) is 5. The SMILES string of the molecule is CCOC(=O)[C@@H]1[C@@H](C(C)(C)C)[C@H](NCc2ccc(C(F)(F)F)cc2OC)[C@H](c2ccccc2)N1C(=O)C1C2CCCC21. The third kappa shape index (κ3) is 5.64. The van der Waals surface area contributed by atoms with Gasteiger partial charge in [-0.25, -0.2) is 4.79 Å². The quantitative estimate of drug-likeness (QED) is 0.363. The maximum Gasteiger partial charge on any atom is 0.416 e. The number of benzene rings is 2. The predicted octanol–water partition coefficient (Wildman–Crippen LogP) is 6.40. The number of fused-ring (bicyclic) bond motifs is 1. The van der Waals surface area contributed by atoms with E-state index in [9.17, 15) is 22.8 Å². The van der Waals surface area contributed by atoms with Crippen LogP contribution in [0.15, 0.2) is 48.5 Å². The summed E-state index contributed by atoms with van der Waals surface area (Å²) >= 11 is 0. The van der Waals surface area contributed by atoms with E-state index in [0.717, 1.165) is 37.0 Å². The minimum atomic E-state index is -4.49. The largest absolute Gasteiger partial charge is 0.496 e. The van der Waals surface area contributed by atoms with Crippen molar-refractivity contribution in [2.75, 3.05) is 13.7 Å². The van der Waals surface area contributed by atoms with Crippen molar-refractivity contribution in [3.8, 4) is 5.75 Å². The number of ether oxygens (including phenoxy) is 2. The number of hydrogen-bond donors (Lipinski definition) is 1. The molecule has 2 unspecified atom stereocenters. The molecule has 0 bridgehead atoms. The van der Waals surface area contributed by atoms with Crippen LogP contribution in [-0.4, -0.2) is 42.6 Å². The Hall–Kier alpha value is -3.07. The van der Waals surface area contributed by atoms with Gasteiger partial charge in [-0.1, -0.05) is 63.6 Å². The van der Waals surface area contributed by atoms with Crippen LogP contribution >= 0.6 is 0 Å². The van der Waals surface area contributed by atoms with E-state index in [4.69, 9.17) is 9.47 Å². The zero-order valence-corrected chi connectivity index (χ0v) is 24.9. The molecule has 2 aromatic carbocycles. The molecule has 6 nitrogen and oxygen atoms in total. The van der Waals surface area contributed by atoms with E-state index in [0.29, 0.717) is 17.4 Å². The highest BCUT2D eigenvalue weighted by molar-refractivity contribution is 5.89. The molecule has 1 heterocycles. The van der Waals surface area contributed by atoms with Gasteiger partial charge in [-0.15, -0.1) is 0 Å². The monoisotopic (exact) mass is 586 g/mol. The molecule has 1 aliphatic heterocycles. The Kier molecular flexibility index (Phi) is 8.36. The fourth-order valence-corrected chi connectivity index (χ4v) is 7.60. The van der Waals surface area contributed by atoms with Crippen LogP contribution in [0.5, 0.6) is 5.75 Å². The second-order valence-corrected chi connectivity index (χ2v) is 12.9. The molecule has 9 heteroatoms. The van der Waals surface area contributed by atoms with Crippen LogP contribution in [-0.2, 0) is 27.0 Å². The smallest absolute Gasteiger partial charge is 0.416 e. The fraction of sp³-hybridized carbons (Fsp3) is 0.576. The van der Waals surface area contributed by atoms with Crippen LogP contribution in [0.25, 0.3) is 0 Å². The van der Waals surface area contributed by atoms with Gasteiger partial charge in [-0.2, -0.15) is 13.2 Å². The first kappa shape index (κ1) is 30.4. The van der Waals surface area contributed by atoms with Gasteiger partial charge < -0.3 is 19.7 Å². The minimum Gasteiger partial charge on any atom is -0.496 e. The van der Waals surface area contributed by atoms with E-state index in [1.165, 1.54) is 13.2 Å². The van der Waals surface area contributed by atoms with Gasteiger partial charge in [-0.3, -0.25) is 4.79 Å². The average molecular weight is 587 g/mol. The number of carbonyl (C=O) groups is 2. The molecule has 1 saturated heterocycles. The lowest BCUT2D eigenvalue weighted by molar-refractivity contribution is -0.157. The Morgan fingerprint density at radius 2 is 1.69 bits per heavy atom. The van der Waals surface area contributed by atoms with Gasteiger partial charge in [0.25, 0.3) is 0 Å². The highest BCUT2D eigenvalue weighted by Crippen LogP contribution is 2.60. The molecule has 1 amide bonds. The number of methoxy groups -OCH3 is 1. The first-order valence-corrected chi connectivity index (χ1v) is 14.9. The molecule has 1 N–H and O–H groups in total. The van der Waals surface area contributed by atoms with Gasteiger partial charge in [0.2, 0.25) is 5.91 Å². The highest BCUT2D eigenvalue weighted by Gasteiger charge is 2.64. The summed E-state index contributed by atoms with van der Waals surface area (Å²) in [5.41, 5.74) is 0.238. The summed E-state index contributed by atoms with van der Waals surface area (Å²) in [7, 11) is 1.35. The van der Waals surface area contributed by atoms with Gasteiger partial charge >= 0.3 is 12.1 Å². The number of rotatable bonds is 8. The van der Waals surface area contributed by atoms with Gasteiger partial charge in [0.05, 0.1) is 25.3 Å². The molecule has 6 atom stereocenters. The van der Waals surface area contributed by atoms with Crippen LogP contribution < -0.4 is 10.1 Å². The van der Waals surface area contributed by atoms with Crippen LogP contribution in [0.3, 0.4) is 0 Å². The molecule has 5 rings (SSSR count). The summed E-state index contributed by atoms with van der Waals surface area (Å²) in [6.45, 7) is 8.31. The normalized spacial score (nSPS) is 28.9. The standard InChI is InChI=1S/C33H41F3N2O4/c1-6-42-31(40)29-26(32(2,3)4)27(37-18-20-15-16-21(33(34,35)36)17-24(20)41-5)28(19-11-8-7-9-12-19)38(29)30(39)25-22-13-10-14-23(22)25/h7-9,11-12,15-17,22-23,25-29,37H,6,10,13-14,18H2,1-5H3/t22?,23?,25?,26-,27-,28-,29-/m0/s1. The topological polar surface area (TPSA) is 67.9 Å². The molecule has 2 saturated carbocycles. The van der Waals surface area contributed by atoms with Crippen molar-refractivity contribution in [2.24, 2.45) is 29.1 Å². The number of carbonyl (C=O) groups excluding carboxylic acids is 2. The zero-order chi connectivity index (χ0) is 30.4. The number of esters is 1. The molecular formula is C33H41F3N2O4. The van der Waals surface area contributed by atoms with Crippen LogP contribution in [0.4, 0.5) is 13.2 Å². The highest BCUT2D eigenvalue weighted by atomic mass is 19.4. The first-order valence-electron chi connectivity index (χ1n) is 14.9. The van der Waals surface area contributed by atoms with Crippen molar-refractivity contribution in [3.05, 3.63) is 65.2 Å². The van der Waals surface area contributed by atoms with Crippen LogP contribution in [0.2, 0.25) is 0 Å². The number of halogens is 3. The predicted molar refractivity (Wildman–Crippen MR) is 152 cm³/mol. The number of nitrogens with one attached hydrogen (secondary N) is 1. The van der Waals surface area contributed by atoms with E-state index >= 15 is 0 Å². The minimum absolute atomic E-state index is 0.00210. The summed E-state index contributed by atoms with van der Waals surface area (Å²) in [6, 6.07) is 11.5. The van der Waals surface area contributed by atoms with Gasteiger partial charge in [0, 0.05) is 30.0 Å². The Balaban J connectivity index is 1.57. The molecule has 0 aromatic heterocycles. The lowest BCUT2D eigenvalue weighted by Gasteiger charge is -2.36. The molecule has 3 fully saturated rings. The Morgan fingerprint density at radius 3 is 2.26 bits per heavy atom. The van der Waals surface area contributed by atoms with E-state index in [2.05, 4.69) is 26.1 Å². The van der Waals surface area contributed by atoms with Crippen molar-refractivity contribution in [1.82, 2.24) is 10.2 Å². The van der Waals surface area contributed by atoms with E-state index in [1.54, 1.807) is 11.8 Å². The third-order valence-electron chi connectivity index (χ3n) is 9.42. The second kappa shape index (κ2) is 11.5. The van der Waals surface area contributed by atoms with Crippen LogP contribution in [0, 0.1) is 29.1 Å². The Bertz CT molecular complexity index is 1280. The lowest BCUT2D eigenvalue weighted by Crippen LogP contribution is -2.49. The van der Waals surface area contributed by atoms with Crippen molar-refractivity contribution < 1.29 is 32.2 Å². The van der Waals surface area contributed by atoms with E-state index < -0.39 is 41.2 Å². The van der Waals surface area contributed by atoms with Crippen molar-refractivity contribution >= 4 is 11.9 Å². The van der Waals surface area contributed by atoms with Gasteiger partial charge in [0.15, 0.2) is 0 Å². The first-order chi connectivity index (χ1) is 19.9. The second-order valence-electron chi connectivity index (χ2n) is 12.9. The van der Waals surface area contributed by atoms with Crippen molar-refractivity contribution in [3.63, 3.8) is 0 Å². The molecule has 2 aromatic rings. The van der Waals surface area contributed by atoms with Gasteiger partial charge in [-0.05, 0) is 54.7 Å². The maximum absolute atomic E-state index is 14.4. The molecule has 0 radical (unpaired) electrons. The molecule has 3 aliphatic rings. The molecule has 228 valence electrons. The molecule has 42 heavy (non-hydrogen) atoms. The summed E-state index contributed by atoms with van der Waals surface area (Å²) in [6.07, 6.45) is -1.29. The Morgan fingerprint density at radius 1 is 1.02 bits per heavy atom. The number of nitrogens with zero attached hydrogens (tertiary/aromatic N) is 1. The summed E-state index contributed by atoms with van der Waals surface area (Å²) < 4.78 is 51.1. The number of likely N-dealkylation sites (tertiary alicyclic amines) is 1.